The van der Waals surface area contributed by atoms with E-state index in [9.17, 15) is 5.26 Å². The fourth-order valence-corrected chi connectivity index (χ4v) is 7.50. The van der Waals surface area contributed by atoms with E-state index in [0.717, 1.165) is 88.2 Å². The zero-order chi connectivity index (χ0) is 32.6. The molecule has 6 heteroatoms. The molecule has 4 aromatic heterocycles. The number of benzene rings is 6. The van der Waals surface area contributed by atoms with Crippen LogP contribution in [-0.2, 0) is 0 Å². The molecule has 49 heavy (non-hydrogen) atoms. The van der Waals surface area contributed by atoms with Gasteiger partial charge in [-0.25, -0.2) is 4.85 Å². The molecule has 226 valence electrons. The molecule has 6 aromatic carbocycles. The number of nitrogens with zero attached hydrogens (tertiary/aromatic N) is 5. The number of furan rings is 1. The topological polar surface area (TPSA) is 64.0 Å². The lowest BCUT2D eigenvalue weighted by atomic mass is 10.0. The van der Waals surface area contributed by atoms with Gasteiger partial charge in [-0.1, -0.05) is 54.6 Å². The van der Waals surface area contributed by atoms with Gasteiger partial charge < -0.3 is 13.6 Å². The Balaban J connectivity index is 1.22. The fraction of sp³-hybridized carbons (Fsp3) is 0. The van der Waals surface area contributed by atoms with Gasteiger partial charge in [-0.2, -0.15) is 5.26 Å². The summed E-state index contributed by atoms with van der Waals surface area (Å²) in [4.78, 5) is 8.50. The average molecular weight is 626 g/mol. The van der Waals surface area contributed by atoms with Crippen LogP contribution in [0, 0.1) is 17.9 Å². The fourth-order valence-electron chi connectivity index (χ4n) is 7.50. The van der Waals surface area contributed by atoms with Gasteiger partial charge in [0.15, 0.2) is 5.69 Å². The van der Waals surface area contributed by atoms with Crippen LogP contribution in [0.2, 0.25) is 0 Å². The molecule has 0 fully saturated rings. The van der Waals surface area contributed by atoms with Crippen molar-refractivity contribution in [2.75, 3.05) is 0 Å². The van der Waals surface area contributed by atoms with E-state index >= 15 is 0 Å². The predicted molar refractivity (Wildman–Crippen MR) is 197 cm³/mol. The SMILES string of the molecule is [C-]#[N+]c1ccc2c(c1)c1ccccc1n2-c1cc(C#N)cc(-c2cccc(-n3c4cccnc4c4ccc5oc6ccccc6c5c43)c2)c1. The first-order valence-corrected chi connectivity index (χ1v) is 16.0. The largest absolute Gasteiger partial charge is 0.456 e. The van der Waals surface area contributed by atoms with Gasteiger partial charge in [0.05, 0.1) is 51.2 Å². The second-order valence-electron chi connectivity index (χ2n) is 12.2. The van der Waals surface area contributed by atoms with E-state index in [-0.39, 0.29) is 0 Å². The Bertz CT molecular complexity index is 3090. The van der Waals surface area contributed by atoms with Crippen molar-refractivity contribution in [1.29, 1.82) is 5.26 Å². The van der Waals surface area contributed by atoms with Gasteiger partial charge in [0.1, 0.15) is 11.2 Å². The summed E-state index contributed by atoms with van der Waals surface area (Å²) in [7, 11) is 0. The van der Waals surface area contributed by atoms with Crippen LogP contribution in [0.4, 0.5) is 5.69 Å². The van der Waals surface area contributed by atoms with Gasteiger partial charge in [0.2, 0.25) is 0 Å². The minimum atomic E-state index is 0.564. The van der Waals surface area contributed by atoms with Gasteiger partial charge in [-0.05, 0) is 95.4 Å². The van der Waals surface area contributed by atoms with Gasteiger partial charge in [0, 0.05) is 33.7 Å². The van der Waals surface area contributed by atoms with Crippen LogP contribution in [-0.4, -0.2) is 14.1 Å². The van der Waals surface area contributed by atoms with Crippen molar-refractivity contribution >= 4 is 71.4 Å². The number of pyridine rings is 1. The third-order valence-electron chi connectivity index (χ3n) is 9.55. The summed E-state index contributed by atoms with van der Waals surface area (Å²) < 4.78 is 10.8. The van der Waals surface area contributed by atoms with Crippen LogP contribution in [0.3, 0.4) is 0 Å². The Morgan fingerprint density at radius 3 is 2.33 bits per heavy atom. The molecule has 0 radical (unpaired) electrons. The first-order valence-electron chi connectivity index (χ1n) is 16.0. The molecule has 6 nitrogen and oxygen atoms in total. The van der Waals surface area contributed by atoms with Gasteiger partial charge in [-0.3, -0.25) is 4.98 Å². The van der Waals surface area contributed by atoms with Crippen molar-refractivity contribution in [2.24, 2.45) is 0 Å². The first kappa shape index (κ1) is 27.0. The smallest absolute Gasteiger partial charge is 0.188 e. The molecule has 10 rings (SSSR count). The summed E-state index contributed by atoms with van der Waals surface area (Å²) in [5.74, 6) is 0. The highest BCUT2D eigenvalue weighted by Gasteiger charge is 2.20. The highest BCUT2D eigenvalue weighted by Crippen LogP contribution is 2.41. The zero-order valence-corrected chi connectivity index (χ0v) is 25.9. The van der Waals surface area contributed by atoms with Crippen molar-refractivity contribution in [3.05, 3.63) is 157 Å². The van der Waals surface area contributed by atoms with E-state index in [1.165, 1.54) is 0 Å². The molecule has 0 aliphatic carbocycles. The predicted octanol–water partition coefficient (Wildman–Crippen LogP) is 11.3. The lowest BCUT2D eigenvalue weighted by molar-refractivity contribution is 0.669. The minimum absolute atomic E-state index is 0.564. The monoisotopic (exact) mass is 625 g/mol. The van der Waals surface area contributed by atoms with Crippen molar-refractivity contribution in [2.45, 2.75) is 0 Å². The third-order valence-corrected chi connectivity index (χ3v) is 9.55. The maximum Gasteiger partial charge on any atom is 0.188 e. The molecule has 0 bridgehead atoms. The minimum Gasteiger partial charge on any atom is -0.456 e. The summed E-state index contributed by atoms with van der Waals surface area (Å²) in [5.41, 5.74) is 11.6. The van der Waals surface area contributed by atoms with Gasteiger partial charge in [-0.15, -0.1) is 0 Å². The molecule has 0 aliphatic heterocycles. The molecular formula is C43H23N5O. The van der Waals surface area contributed by atoms with E-state index in [1.54, 1.807) is 0 Å². The number of hydrogen-bond acceptors (Lipinski definition) is 3. The maximum atomic E-state index is 10.2. The molecule has 0 spiro atoms. The van der Waals surface area contributed by atoms with Crippen molar-refractivity contribution in [3.8, 4) is 28.6 Å². The molecule has 0 atom stereocenters. The molecule has 4 heterocycles. The number of rotatable bonds is 3. The van der Waals surface area contributed by atoms with Crippen LogP contribution < -0.4 is 0 Å². The summed E-state index contributed by atoms with van der Waals surface area (Å²) in [6.45, 7) is 7.57. The standard InChI is InChI=1S/C43H23N5O/c1-45-29-15-17-37-35(24-29)32-10-2-4-12-36(32)47(37)31-21-26(25-44)20-28(23-31)27-8-6-9-30(22-27)48-38-13-7-19-46-42(38)34-16-18-40-41(43(34)48)33-11-3-5-14-39(33)49-40/h2-24H. The molecule has 0 N–H and O–H groups in total. The normalized spacial score (nSPS) is 11.6. The highest BCUT2D eigenvalue weighted by atomic mass is 16.3. The second-order valence-corrected chi connectivity index (χ2v) is 12.2. The number of hydrogen-bond donors (Lipinski definition) is 0. The van der Waals surface area contributed by atoms with Gasteiger partial charge in [0.25, 0.3) is 0 Å². The van der Waals surface area contributed by atoms with Crippen molar-refractivity contribution in [3.63, 3.8) is 0 Å². The summed E-state index contributed by atoms with van der Waals surface area (Å²) in [5, 5.41) is 15.5. The summed E-state index contributed by atoms with van der Waals surface area (Å²) in [6.07, 6.45) is 1.84. The number of aromatic nitrogens is 3. The molecule has 0 saturated heterocycles. The number of fused-ring (bicyclic) bond motifs is 10. The lowest BCUT2D eigenvalue weighted by Gasteiger charge is -2.13. The van der Waals surface area contributed by atoms with Crippen LogP contribution in [0.5, 0.6) is 0 Å². The van der Waals surface area contributed by atoms with E-state index < -0.39 is 0 Å². The second kappa shape index (κ2) is 10.2. The Morgan fingerprint density at radius 2 is 1.43 bits per heavy atom. The average Bonchev–Trinajstić information content (AvgIpc) is 3.82. The molecule has 0 saturated carbocycles. The van der Waals surface area contributed by atoms with Crippen LogP contribution >= 0.6 is 0 Å². The lowest BCUT2D eigenvalue weighted by Crippen LogP contribution is -1.97. The van der Waals surface area contributed by atoms with Crippen molar-refractivity contribution < 1.29 is 4.42 Å². The van der Waals surface area contributed by atoms with Crippen LogP contribution in [0.1, 0.15) is 5.56 Å². The summed E-state index contributed by atoms with van der Waals surface area (Å²) >= 11 is 0. The summed E-state index contributed by atoms with van der Waals surface area (Å²) in [6, 6.07) is 47.3. The molecule has 10 aromatic rings. The van der Waals surface area contributed by atoms with E-state index in [0.29, 0.717) is 11.3 Å². The van der Waals surface area contributed by atoms with E-state index in [2.05, 4.69) is 80.7 Å². The molecule has 0 amide bonds. The third kappa shape index (κ3) is 3.89. The number of para-hydroxylation sites is 2. The highest BCUT2D eigenvalue weighted by molar-refractivity contribution is 6.23. The molecular weight excluding hydrogens is 603 g/mol. The Kier molecular flexibility index (Phi) is 5.61. The Labute approximate surface area is 279 Å². The van der Waals surface area contributed by atoms with Gasteiger partial charge >= 0.3 is 0 Å². The van der Waals surface area contributed by atoms with E-state index in [1.807, 2.05) is 79.0 Å². The zero-order valence-electron chi connectivity index (χ0n) is 25.9. The molecule has 0 unspecified atom stereocenters. The number of nitriles is 1. The Hall–Kier alpha value is -7.15. The first-order chi connectivity index (χ1) is 24.2. The van der Waals surface area contributed by atoms with Crippen LogP contribution in [0.25, 0.3) is 93.0 Å². The van der Waals surface area contributed by atoms with Crippen molar-refractivity contribution in [1.82, 2.24) is 14.1 Å². The molecule has 0 aliphatic rings. The Morgan fingerprint density at radius 1 is 0.612 bits per heavy atom. The van der Waals surface area contributed by atoms with Crippen LogP contribution in [0.15, 0.2) is 144 Å². The quantitative estimate of drug-likeness (QED) is 0.184. The van der Waals surface area contributed by atoms with E-state index in [4.69, 9.17) is 16.0 Å². The maximum absolute atomic E-state index is 10.2.